The number of unbranched alkanes of at least 4 members (excludes halogenated alkanes) is 2. The second kappa shape index (κ2) is 13.9. The number of amides is 2. The molecule has 4 rings (SSSR count). The van der Waals surface area contributed by atoms with Crippen molar-refractivity contribution < 1.29 is 14.7 Å². The molecule has 8 nitrogen and oxygen atoms in total. The summed E-state index contributed by atoms with van der Waals surface area (Å²) in [6, 6.07) is 22.5. The highest BCUT2D eigenvalue weighted by Crippen LogP contribution is 2.26. The zero-order chi connectivity index (χ0) is 30.1. The van der Waals surface area contributed by atoms with E-state index in [1.807, 2.05) is 22.9 Å². The third-order valence-electron chi connectivity index (χ3n) is 7.30. The van der Waals surface area contributed by atoms with Gasteiger partial charge in [-0.05, 0) is 78.3 Å². The fraction of sp³-hybridized carbons (Fsp3) is 0.353. The summed E-state index contributed by atoms with van der Waals surface area (Å²) in [5.41, 5.74) is 5.96. The molecule has 0 saturated carbocycles. The number of aromatic nitrogens is 3. The lowest BCUT2D eigenvalue weighted by Crippen LogP contribution is -2.47. The maximum Gasteiger partial charge on any atom is 0.242 e. The number of aryl methyl sites for hydroxylation is 1. The van der Waals surface area contributed by atoms with Crippen LogP contribution in [0.1, 0.15) is 63.3 Å². The van der Waals surface area contributed by atoms with Crippen molar-refractivity contribution in [1.29, 1.82) is 0 Å². The highest BCUT2D eigenvalue weighted by atomic mass is 16.3. The molecule has 1 atom stereocenters. The highest BCUT2D eigenvalue weighted by molar-refractivity contribution is 5.87. The first-order valence-electron chi connectivity index (χ1n) is 14.5. The quantitative estimate of drug-likeness (QED) is 0.196. The monoisotopic (exact) mass is 567 g/mol. The third-order valence-corrected chi connectivity index (χ3v) is 7.30. The van der Waals surface area contributed by atoms with Gasteiger partial charge in [0.05, 0.1) is 11.4 Å². The molecule has 1 unspecified atom stereocenters. The van der Waals surface area contributed by atoms with Gasteiger partial charge in [0, 0.05) is 31.8 Å². The van der Waals surface area contributed by atoms with Crippen LogP contribution in [0.15, 0.2) is 79.0 Å². The average molecular weight is 568 g/mol. The summed E-state index contributed by atoms with van der Waals surface area (Å²) in [7, 11) is 1.56. The molecule has 2 amide bonds. The van der Waals surface area contributed by atoms with Gasteiger partial charge >= 0.3 is 0 Å². The predicted molar refractivity (Wildman–Crippen MR) is 165 cm³/mol. The fourth-order valence-electron chi connectivity index (χ4n) is 4.85. The summed E-state index contributed by atoms with van der Waals surface area (Å²) in [5, 5.41) is 19.9. The van der Waals surface area contributed by atoms with Crippen LogP contribution in [0.25, 0.3) is 17.1 Å². The molecule has 2 heterocycles. The molecule has 220 valence electrons. The lowest BCUT2D eigenvalue weighted by atomic mass is 9.87. The van der Waals surface area contributed by atoms with Crippen LogP contribution in [0.3, 0.4) is 0 Å². The number of aromatic hydroxyl groups is 1. The average Bonchev–Trinajstić information content (AvgIpc) is 3.41. The smallest absolute Gasteiger partial charge is 0.242 e. The number of pyridine rings is 1. The molecule has 0 aliphatic carbocycles. The first-order chi connectivity index (χ1) is 20.1. The lowest BCUT2D eigenvalue weighted by molar-refractivity contribution is -0.128. The molecular weight excluding hydrogens is 526 g/mol. The summed E-state index contributed by atoms with van der Waals surface area (Å²) in [5.74, 6) is -0.235. The molecule has 0 saturated heterocycles. The van der Waals surface area contributed by atoms with Crippen molar-refractivity contribution >= 4 is 11.8 Å². The van der Waals surface area contributed by atoms with E-state index in [0.29, 0.717) is 19.3 Å². The van der Waals surface area contributed by atoms with E-state index in [4.69, 9.17) is 5.10 Å². The minimum Gasteiger partial charge on any atom is -0.508 e. The fourth-order valence-corrected chi connectivity index (χ4v) is 4.85. The Hall–Kier alpha value is -4.46. The Bertz CT molecular complexity index is 1460. The molecule has 4 aromatic rings. The number of phenolic OH excluding ortho intramolecular Hbond substituents is 1. The number of benzene rings is 2. The van der Waals surface area contributed by atoms with Crippen LogP contribution in [0.4, 0.5) is 0 Å². The lowest BCUT2D eigenvalue weighted by Gasteiger charge is -2.19. The van der Waals surface area contributed by atoms with E-state index in [9.17, 15) is 14.7 Å². The highest BCUT2D eigenvalue weighted by Gasteiger charge is 2.20. The number of carbonyl (C=O) groups excluding carboxylic acids is 2. The third kappa shape index (κ3) is 8.28. The Kier molecular flexibility index (Phi) is 10.1. The standard InChI is InChI=1S/C34H41N5O3/c1-34(2,3)25-15-17-26(18-16-25)39-27(23-30(38-39)29-11-8-9-21-36-29)10-6-5-7-12-32(41)37-31(33(42)35-4)22-24-13-19-28(40)20-14-24/h8-9,11,13-21,23,31,40H,5-7,10,12,22H2,1-4H3,(H,35,42)(H,37,41). The van der Waals surface area contributed by atoms with Gasteiger partial charge in [-0.3, -0.25) is 14.6 Å². The van der Waals surface area contributed by atoms with Crippen molar-refractivity contribution in [3.63, 3.8) is 0 Å². The second-order valence-electron chi connectivity index (χ2n) is 11.6. The van der Waals surface area contributed by atoms with Crippen LogP contribution in [-0.2, 0) is 27.8 Å². The molecule has 0 bridgehead atoms. The number of likely N-dealkylation sites (N-methyl/N-ethyl adjacent to an activating group) is 1. The Morgan fingerprint density at radius 1 is 0.929 bits per heavy atom. The minimum atomic E-state index is -0.670. The van der Waals surface area contributed by atoms with Gasteiger partial charge in [-0.2, -0.15) is 5.10 Å². The molecule has 42 heavy (non-hydrogen) atoms. The van der Waals surface area contributed by atoms with Gasteiger partial charge in [-0.25, -0.2) is 4.68 Å². The van der Waals surface area contributed by atoms with Crippen LogP contribution < -0.4 is 10.6 Å². The van der Waals surface area contributed by atoms with Crippen LogP contribution in [0, 0.1) is 0 Å². The van der Waals surface area contributed by atoms with E-state index >= 15 is 0 Å². The molecule has 0 aliphatic rings. The number of phenols is 1. The number of nitrogens with zero attached hydrogens (tertiary/aromatic N) is 3. The Morgan fingerprint density at radius 3 is 2.31 bits per heavy atom. The first kappa shape index (κ1) is 30.5. The van der Waals surface area contributed by atoms with Crippen molar-refractivity contribution in [3.8, 4) is 22.8 Å². The van der Waals surface area contributed by atoms with Gasteiger partial charge < -0.3 is 15.7 Å². The van der Waals surface area contributed by atoms with Crippen LogP contribution in [0.2, 0.25) is 0 Å². The zero-order valence-electron chi connectivity index (χ0n) is 24.9. The second-order valence-corrected chi connectivity index (χ2v) is 11.6. The first-order valence-corrected chi connectivity index (χ1v) is 14.5. The zero-order valence-corrected chi connectivity index (χ0v) is 24.9. The number of nitrogens with one attached hydrogen (secondary N) is 2. The van der Waals surface area contributed by atoms with E-state index in [2.05, 4.69) is 66.7 Å². The van der Waals surface area contributed by atoms with Crippen molar-refractivity contribution in [2.45, 2.75) is 70.8 Å². The van der Waals surface area contributed by atoms with Crippen molar-refractivity contribution in [2.24, 2.45) is 0 Å². The van der Waals surface area contributed by atoms with Crippen molar-refractivity contribution in [1.82, 2.24) is 25.4 Å². The van der Waals surface area contributed by atoms with Crippen molar-refractivity contribution in [3.05, 3.63) is 95.8 Å². The SMILES string of the molecule is CNC(=O)C(Cc1ccc(O)cc1)NC(=O)CCCCCc1cc(-c2ccccn2)nn1-c1ccc(C(C)(C)C)cc1. The molecule has 2 aromatic carbocycles. The number of hydrogen-bond donors (Lipinski definition) is 3. The molecule has 8 heteroatoms. The predicted octanol–water partition coefficient (Wildman–Crippen LogP) is 5.51. The summed E-state index contributed by atoms with van der Waals surface area (Å²) < 4.78 is 2.00. The van der Waals surface area contributed by atoms with Gasteiger partial charge in [0.25, 0.3) is 0 Å². The Morgan fingerprint density at radius 2 is 1.67 bits per heavy atom. The van der Waals surface area contributed by atoms with E-state index in [1.165, 1.54) is 5.56 Å². The molecule has 0 aliphatic heterocycles. The molecule has 0 radical (unpaired) electrons. The Balaban J connectivity index is 1.36. The van der Waals surface area contributed by atoms with Gasteiger partial charge in [-0.1, -0.05) is 57.5 Å². The van der Waals surface area contributed by atoms with Gasteiger partial charge in [0.2, 0.25) is 11.8 Å². The largest absolute Gasteiger partial charge is 0.508 e. The van der Waals surface area contributed by atoms with Gasteiger partial charge in [-0.15, -0.1) is 0 Å². The summed E-state index contributed by atoms with van der Waals surface area (Å²) in [4.78, 5) is 29.6. The molecule has 2 aromatic heterocycles. The maximum absolute atomic E-state index is 12.7. The Labute approximate surface area is 248 Å². The van der Waals surface area contributed by atoms with Crippen LogP contribution in [0.5, 0.6) is 5.75 Å². The van der Waals surface area contributed by atoms with Crippen LogP contribution >= 0.6 is 0 Å². The number of hydrogen-bond acceptors (Lipinski definition) is 5. The minimum absolute atomic E-state index is 0.0722. The molecule has 0 fully saturated rings. The van der Waals surface area contributed by atoms with Crippen LogP contribution in [-0.4, -0.2) is 44.8 Å². The number of carbonyl (C=O) groups is 2. The molecular formula is C34H41N5O3. The van der Waals surface area contributed by atoms with E-state index in [0.717, 1.165) is 47.6 Å². The normalized spacial score (nSPS) is 12.1. The van der Waals surface area contributed by atoms with Gasteiger partial charge in [0.15, 0.2) is 0 Å². The van der Waals surface area contributed by atoms with Crippen molar-refractivity contribution in [2.75, 3.05) is 7.05 Å². The maximum atomic E-state index is 12.7. The van der Waals surface area contributed by atoms with Gasteiger partial charge in [0.1, 0.15) is 17.5 Å². The molecule has 3 N–H and O–H groups in total. The summed E-state index contributed by atoms with van der Waals surface area (Å²) in [6.07, 6.45) is 5.75. The summed E-state index contributed by atoms with van der Waals surface area (Å²) >= 11 is 0. The summed E-state index contributed by atoms with van der Waals surface area (Å²) in [6.45, 7) is 6.61. The number of rotatable bonds is 12. The van der Waals surface area contributed by atoms with E-state index < -0.39 is 6.04 Å². The molecule has 0 spiro atoms. The topological polar surface area (TPSA) is 109 Å². The van der Waals surface area contributed by atoms with E-state index in [-0.39, 0.29) is 23.0 Å². The van der Waals surface area contributed by atoms with E-state index in [1.54, 1.807) is 37.5 Å².